The van der Waals surface area contributed by atoms with Gasteiger partial charge in [0.15, 0.2) is 0 Å². The van der Waals surface area contributed by atoms with Gasteiger partial charge in [0.05, 0.1) is 28.5 Å². The molecule has 1 aliphatic rings. The summed E-state index contributed by atoms with van der Waals surface area (Å²) in [4.78, 5) is 41.8. The van der Waals surface area contributed by atoms with Crippen molar-refractivity contribution in [1.29, 1.82) is 0 Å². The maximum Gasteiger partial charge on any atom is 0.261 e. The first kappa shape index (κ1) is 18.9. The van der Waals surface area contributed by atoms with Gasteiger partial charge in [0.25, 0.3) is 11.5 Å². The zero-order valence-electron chi connectivity index (χ0n) is 16.1. The Balaban J connectivity index is 1.45. The standard InChI is InChI=1S/C22H22N4O3/c1-14-5-4-7-17-20(14)23-13-26(22(17)29)12-11-19(27)25-18-8-3-2-6-16(18)21(28)24-15-9-10-15/h2-8,13,15H,9-12H2,1H3,(H,24,28)(H,25,27). The largest absolute Gasteiger partial charge is 0.349 e. The smallest absolute Gasteiger partial charge is 0.261 e. The summed E-state index contributed by atoms with van der Waals surface area (Å²) in [6.07, 6.45) is 3.56. The second kappa shape index (κ2) is 7.87. The van der Waals surface area contributed by atoms with Crippen LogP contribution in [-0.4, -0.2) is 27.4 Å². The fourth-order valence-corrected chi connectivity index (χ4v) is 3.21. The highest BCUT2D eigenvalue weighted by atomic mass is 16.2. The van der Waals surface area contributed by atoms with E-state index in [2.05, 4.69) is 15.6 Å². The van der Waals surface area contributed by atoms with Crippen LogP contribution in [0.4, 0.5) is 5.69 Å². The molecule has 0 radical (unpaired) electrons. The Morgan fingerprint density at radius 3 is 2.72 bits per heavy atom. The summed E-state index contributed by atoms with van der Waals surface area (Å²) in [7, 11) is 0. The number of nitrogens with zero attached hydrogens (tertiary/aromatic N) is 2. The van der Waals surface area contributed by atoms with E-state index in [1.807, 2.05) is 19.1 Å². The lowest BCUT2D eigenvalue weighted by atomic mass is 10.1. The van der Waals surface area contributed by atoms with Gasteiger partial charge in [-0.2, -0.15) is 0 Å². The fraction of sp³-hybridized carbons (Fsp3) is 0.273. The monoisotopic (exact) mass is 390 g/mol. The number of carbonyl (C=O) groups excluding carboxylic acids is 2. The molecule has 148 valence electrons. The predicted molar refractivity (Wildman–Crippen MR) is 111 cm³/mol. The number of aryl methyl sites for hydroxylation is 2. The zero-order chi connectivity index (χ0) is 20.4. The zero-order valence-corrected chi connectivity index (χ0v) is 16.1. The highest BCUT2D eigenvalue weighted by Crippen LogP contribution is 2.21. The van der Waals surface area contributed by atoms with Gasteiger partial charge in [-0.3, -0.25) is 19.0 Å². The fourth-order valence-electron chi connectivity index (χ4n) is 3.21. The molecular weight excluding hydrogens is 368 g/mol. The van der Waals surface area contributed by atoms with Gasteiger partial charge >= 0.3 is 0 Å². The molecule has 0 saturated heterocycles. The minimum absolute atomic E-state index is 0.0947. The van der Waals surface area contributed by atoms with Crippen LogP contribution in [0.25, 0.3) is 10.9 Å². The normalized spacial score (nSPS) is 13.3. The molecule has 1 heterocycles. The molecule has 2 aromatic carbocycles. The van der Waals surface area contributed by atoms with Gasteiger partial charge in [-0.05, 0) is 43.5 Å². The first-order valence-electron chi connectivity index (χ1n) is 9.67. The molecule has 1 aliphatic carbocycles. The second-order valence-corrected chi connectivity index (χ2v) is 7.31. The van der Waals surface area contributed by atoms with Crippen LogP contribution in [0.5, 0.6) is 0 Å². The highest BCUT2D eigenvalue weighted by Gasteiger charge is 2.25. The van der Waals surface area contributed by atoms with Crippen LogP contribution in [0.1, 0.15) is 35.2 Å². The van der Waals surface area contributed by atoms with Crippen LogP contribution in [-0.2, 0) is 11.3 Å². The van der Waals surface area contributed by atoms with Crippen molar-refractivity contribution in [2.75, 3.05) is 5.32 Å². The Kier molecular flexibility index (Phi) is 5.12. The summed E-state index contributed by atoms with van der Waals surface area (Å²) >= 11 is 0. The van der Waals surface area contributed by atoms with Gasteiger partial charge in [-0.15, -0.1) is 0 Å². The minimum Gasteiger partial charge on any atom is -0.349 e. The number of fused-ring (bicyclic) bond motifs is 1. The highest BCUT2D eigenvalue weighted by molar-refractivity contribution is 6.03. The van der Waals surface area contributed by atoms with Gasteiger partial charge in [0, 0.05) is 19.0 Å². The molecule has 29 heavy (non-hydrogen) atoms. The van der Waals surface area contributed by atoms with Crippen molar-refractivity contribution in [2.45, 2.75) is 38.8 Å². The first-order valence-corrected chi connectivity index (χ1v) is 9.67. The van der Waals surface area contributed by atoms with Crippen LogP contribution in [0.15, 0.2) is 53.6 Å². The van der Waals surface area contributed by atoms with E-state index in [4.69, 9.17) is 0 Å². The molecule has 0 atom stereocenters. The average Bonchev–Trinajstić information content (AvgIpc) is 3.52. The second-order valence-electron chi connectivity index (χ2n) is 7.31. The Bertz CT molecular complexity index is 1150. The van der Waals surface area contributed by atoms with E-state index in [-0.39, 0.29) is 36.4 Å². The SMILES string of the molecule is Cc1cccc2c(=O)n(CCC(=O)Nc3ccccc3C(=O)NC3CC3)cnc12. The molecule has 4 rings (SSSR count). The lowest BCUT2D eigenvalue weighted by molar-refractivity contribution is -0.116. The quantitative estimate of drug-likeness (QED) is 0.677. The third kappa shape index (κ3) is 4.18. The summed E-state index contributed by atoms with van der Waals surface area (Å²) < 4.78 is 1.44. The molecule has 0 spiro atoms. The van der Waals surface area contributed by atoms with Crippen molar-refractivity contribution in [3.05, 3.63) is 70.3 Å². The summed E-state index contributed by atoms with van der Waals surface area (Å²) in [5, 5.41) is 6.25. The summed E-state index contributed by atoms with van der Waals surface area (Å²) in [6, 6.07) is 12.6. The molecule has 1 aromatic heterocycles. The minimum atomic E-state index is -0.270. The summed E-state index contributed by atoms with van der Waals surface area (Å²) in [5.74, 6) is -0.457. The van der Waals surface area contributed by atoms with E-state index in [9.17, 15) is 14.4 Å². The van der Waals surface area contributed by atoms with Crippen LogP contribution in [0, 0.1) is 6.92 Å². The molecule has 0 aliphatic heterocycles. The topological polar surface area (TPSA) is 93.1 Å². The van der Waals surface area contributed by atoms with E-state index in [1.165, 1.54) is 10.9 Å². The molecule has 0 unspecified atom stereocenters. The van der Waals surface area contributed by atoms with Crippen LogP contribution < -0.4 is 16.2 Å². The lowest BCUT2D eigenvalue weighted by Gasteiger charge is -2.12. The number of nitrogens with one attached hydrogen (secondary N) is 2. The summed E-state index contributed by atoms with van der Waals surface area (Å²) in [6.45, 7) is 2.11. The number of hydrogen-bond acceptors (Lipinski definition) is 4. The van der Waals surface area contributed by atoms with E-state index in [1.54, 1.807) is 30.3 Å². The van der Waals surface area contributed by atoms with Gasteiger partial charge in [0.2, 0.25) is 5.91 Å². The third-order valence-corrected chi connectivity index (χ3v) is 4.99. The molecular formula is C22H22N4O3. The van der Waals surface area contributed by atoms with Gasteiger partial charge in [0.1, 0.15) is 0 Å². The van der Waals surface area contributed by atoms with E-state index >= 15 is 0 Å². The third-order valence-electron chi connectivity index (χ3n) is 4.99. The number of amides is 2. The lowest BCUT2D eigenvalue weighted by Crippen LogP contribution is -2.27. The van der Waals surface area contributed by atoms with Crippen molar-refractivity contribution < 1.29 is 9.59 Å². The number of para-hydroxylation sites is 2. The van der Waals surface area contributed by atoms with Crippen molar-refractivity contribution >= 4 is 28.4 Å². The van der Waals surface area contributed by atoms with Crippen molar-refractivity contribution in [3.8, 4) is 0 Å². The molecule has 3 aromatic rings. The van der Waals surface area contributed by atoms with Gasteiger partial charge < -0.3 is 10.6 Å². The van der Waals surface area contributed by atoms with Crippen LogP contribution in [0.2, 0.25) is 0 Å². The number of aromatic nitrogens is 2. The predicted octanol–water partition coefficient (Wildman–Crippen LogP) is 2.63. The molecule has 1 saturated carbocycles. The average molecular weight is 390 g/mol. The maximum absolute atomic E-state index is 12.6. The van der Waals surface area contributed by atoms with Crippen molar-refractivity contribution in [1.82, 2.24) is 14.9 Å². The number of hydrogen-bond donors (Lipinski definition) is 2. The number of carbonyl (C=O) groups is 2. The van der Waals surface area contributed by atoms with Crippen LogP contribution in [0.3, 0.4) is 0 Å². The van der Waals surface area contributed by atoms with Crippen molar-refractivity contribution in [2.24, 2.45) is 0 Å². The number of benzene rings is 2. The number of anilines is 1. The van der Waals surface area contributed by atoms with Crippen molar-refractivity contribution in [3.63, 3.8) is 0 Å². The molecule has 0 bridgehead atoms. The molecule has 7 heteroatoms. The van der Waals surface area contributed by atoms with Crippen LogP contribution >= 0.6 is 0 Å². The molecule has 2 amide bonds. The van der Waals surface area contributed by atoms with E-state index < -0.39 is 0 Å². The first-order chi connectivity index (χ1) is 14.0. The molecule has 7 nitrogen and oxygen atoms in total. The Morgan fingerprint density at radius 2 is 1.93 bits per heavy atom. The van der Waals surface area contributed by atoms with E-state index in [0.29, 0.717) is 22.2 Å². The number of rotatable bonds is 6. The molecule has 1 fully saturated rings. The Hall–Kier alpha value is -3.48. The van der Waals surface area contributed by atoms with Gasteiger partial charge in [-0.25, -0.2) is 4.98 Å². The van der Waals surface area contributed by atoms with Gasteiger partial charge in [-0.1, -0.05) is 24.3 Å². The Labute approximate surface area is 167 Å². The maximum atomic E-state index is 12.6. The van der Waals surface area contributed by atoms with E-state index in [0.717, 1.165) is 18.4 Å². The molecule has 2 N–H and O–H groups in total. The summed E-state index contributed by atoms with van der Waals surface area (Å²) in [5.41, 5.74) is 2.35. The Morgan fingerprint density at radius 1 is 1.14 bits per heavy atom.